The average molecular weight is 389 g/mol. The molecule has 1 amide bonds. The number of carbonyl (C=O) groups is 1. The number of amidine groups is 1. The number of hydrogen-bond acceptors (Lipinski definition) is 4. The lowest BCUT2D eigenvalue weighted by molar-refractivity contribution is -0.115. The van der Waals surface area contributed by atoms with Crippen LogP contribution in [0, 0.1) is 5.82 Å². The van der Waals surface area contributed by atoms with Crippen LogP contribution in [0.2, 0.25) is 0 Å². The summed E-state index contributed by atoms with van der Waals surface area (Å²) >= 11 is 1.41. The first kappa shape index (κ1) is 17.1. The highest BCUT2D eigenvalue weighted by Gasteiger charge is 2.35. The van der Waals surface area contributed by atoms with E-state index in [4.69, 9.17) is 5.10 Å². The summed E-state index contributed by atoms with van der Waals surface area (Å²) in [5.41, 5.74) is 2.88. The first-order valence-corrected chi connectivity index (χ1v) is 10.0. The predicted molar refractivity (Wildman–Crippen MR) is 111 cm³/mol. The van der Waals surface area contributed by atoms with Crippen LogP contribution in [-0.4, -0.2) is 27.5 Å². The van der Waals surface area contributed by atoms with Gasteiger partial charge in [0.05, 0.1) is 17.5 Å². The minimum atomic E-state index is -0.272. The van der Waals surface area contributed by atoms with Crippen molar-refractivity contribution < 1.29 is 9.18 Å². The number of aliphatic imine (C=N–C) groups is 1. The molecule has 3 aromatic carbocycles. The van der Waals surface area contributed by atoms with E-state index in [1.54, 1.807) is 12.1 Å². The van der Waals surface area contributed by atoms with Crippen LogP contribution < -0.4 is 0 Å². The first-order chi connectivity index (χ1) is 13.7. The molecule has 0 N–H and O–H groups in total. The lowest BCUT2D eigenvalue weighted by atomic mass is 9.94. The molecule has 4 nitrogen and oxygen atoms in total. The Morgan fingerprint density at radius 2 is 1.79 bits per heavy atom. The summed E-state index contributed by atoms with van der Waals surface area (Å²) < 4.78 is 13.3. The number of thioether (sulfide) groups is 1. The SMILES string of the molecule is O=C1CSC(N2N=C(c3ccc(F)cc3)CC2c2cccc3ccccc23)=N1. The molecule has 138 valence electrons. The number of hydrogen-bond donors (Lipinski definition) is 0. The quantitative estimate of drug-likeness (QED) is 0.635. The van der Waals surface area contributed by atoms with Gasteiger partial charge in [0.15, 0.2) is 5.17 Å². The van der Waals surface area contributed by atoms with E-state index in [2.05, 4.69) is 29.3 Å². The Morgan fingerprint density at radius 3 is 2.57 bits per heavy atom. The van der Waals surface area contributed by atoms with Crippen molar-refractivity contribution in [3.63, 3.8) is 0 Å². The molecule has 0 fully saturated rings. The molecule has 6 heteroatoms. The Hall–Kier alpha value is -2.99. The van der Waals surface area contributed by atoms with Gasteiger partial charge in [-0.1, -0.05) is 66.4 Å². The van der Waals surface area contributed by atoms with E-state index in [9.17, 15) is 9.18 Å². The Morgan fingerprint density at radius 1 is 1.00 bits per heavy atom. The standard InChI is InChI=1S/C22H16FN3OS/c23-16-10-8-15(9-11-16)19-12-20(26(25-19)22-24-21(27)13-28-22)18-7-3-5-14-4-1-2-6-17(14)18/h1-11,20H,12-13H2. The smallest absolute Gasteiger partial charge is 0.258 e. The molecule has 2 aliphatic rings. The second-order valence-electron chi connectivity index (χ2n) is 6.76. The molecule has 3 aromatic rings. The number of fused-ring (bicyclic) bond motifs is 1. The largest absolute Gasteiger partial charge is 0.272 e. The molecule has 1 atom stereocenters. The molecule has 0 aromatic heterocycles. The molecule has 28 heavy (non-hydrogen) atoms. The molecular weight excluding hydrogens is 373 g/mol. The highest BCUT2D eigenvalue weighted by atomic mass is 32.2. The van der Waals surface area contributed by atoms with E-state index in [1.165, 1.54) is 23.9 Å². The lowest BCUT2D eigenvalue weighted by Gasteiger charge is -2.24. The van der Waals surface area contributed by atoms with E-state index < -0.39 is 0 Å². The Labute approximate surface area is 165 Å². The van der Waals surface area contributed by atoms with Gasteiger partial charge in [0.2, 0.25) is 0 Å². The third-order valence-electron chi connectivity index (χ3n) is 5.01. The number of nitrogens with zero attached hydrogens (tertiary/aromatic N) is 3. The molecule has 5 rings (SSSR count). The van der Waals surface area contributed by atoms with Crippen molar-refractivity contribution >= 4 is 39.3 Å². The molecular formula is C22H16FN3OS. The third-order valence-corrected chi connectivity index (χ3v) is 5.94. The maximum atomic E-state index is 13.3. The van der Waals surface area contributed by atoms with E-state index in [1.807, 2.05) is 23.2 Å². The van der Waals surface area contributed by atoms with Gasteiger partial charge in [0.1, 0.15) is 5.82 Å². The van der Waals surface area contributed by atoms with Crippen molar-refractivity contribution in [3.8, 4) is 0 Å². The molecule has 0 radical (unpaired) electrons. The maximum absolute atomic E-state index is 13.3. The summed E-state index contributed by atoms with van der Waals surface area (Å²) in [6.07, 6.45) is 0.660. The van der Waals surface area contributed by atoms with Gasteiger partial charge in [-0.3, -0.25) is 4.79 Å². The first-order valence-electron chi connectivity index (χ1n) is 9.04. The zero-order valence-corrected chi connectivity index (χ0v) is 15.7. The minimum Gasteiger partial charge on any atom is -0.272 e. The zero-order chi connectivity index (χ0) is 19.1. The van der Waals surface area contributed by atoms with Gasteiger partial charge < -0.3 is 0 Å². The van der Waals surface area contributed by atoms with Crippen LogP contribution in [0.1, 0.15) is 23.6 Å². The second kappa shape index (κ2) is 6.87. The van der Waals surface area contributed by atoms with Crippen LogP contribution in [0.5, 0.6) is 0 Å². The van der Waals surface area contributed by atoms with Crippen molar-refractivity contribution in [1.29, 1.82) is 0 Å². The fraction of sp³-hybridized carbons (Fsp3) is 0.136. The van der Waals surface area contributed by atoms with Gasteiger partial charge in [-0.25, -0.2) is 9.40 Å². The fourth-order valence-electron chi connectivity index (χ4n) is 3.70. The highest BCUT2D eigenvalue weighted by Crippen LogP contribution is 2.39. The number of halogens is 1. The summed E-state index contributed by atoms with van der Waals surface area (Å²) in [6, 6.07) is 20.8. The normalized spacial score (nSPS) is 19.2. The number of hydrazone groups is 1. The monoisotopic (exact) mass is 389 g/mol. The van der Waals surface area contributed by atoms with Gasteiger partial charge >= 0.3 is 0 Å². The second-order valence-corrected chi connectivity index (χ2v) is 7.71. The van der Waals surface area contributed by atoms with Crippen molar-refractivity contribution in [2.45, 2.75) is 12.5 Å². The van der Waals surface area contributed by atoms with Gasteiger partial charge in [-0.15, -0.1) is 0 Å². The highest BCUT2D eigenvalue weighted by molar-refractivity contribution is 8.14. The zero-order valence-electron chi connectivity index (χ0n) is 14.9. The molecule has 0 bridgehead atoms. The van der Waals surface area contributed by atoms with Gasteiger partial charge in [-0.05, 0) is 34.0 Å². The van der Waals surface area contributed by atoms with Crippen LogP contribution in [0.25, 0.3) is 10.8 Å². The van der Waals surface area contributed by atoms with Crippen molar-refractivity contribution in [2.75, 3.05) is 5.75 Å². The van der Waals surface area contributed by atoms with Gasteiger partial charge in [0, 0.05) is 6.42 Å². The van der Waals surface area contributed by atoms with Crippen molar-refractivity contribution in [2.24, 2.45) is 10.1 Å². The topological polar surface area (TPSA) is 45.0 Å². The Balaban J connectivity index is 1.61. The summed E-state index contributed by atoms with van der Waals surface area (Å²) in [5.74, 6) is -0.0663. The molecule has 0 aliphatic carbocycles. The van der Waals surface area contributed by atoms with Crippen LogP contribution in [-0.2, 0) is 4.79 Å². The summed E-state index contributed by atoms with van der Waals surface area (Å²) in [4.78, 5) is 15.9. The van der Waals surface area contributed by atoms with E-state index in [-0.39, 0.29) is 17.8 Å². The van der Waals surface area contributed by atoms with Crippen LogP contribution in [0.15, 0.2) is 76.8 Å². The third kappa shape index (κ3) is 2.99. The lowest BCUT2D eigenvalue weighted by Crippen LogP contribution is -2.24. The molecule has 1 unspecified atom stereocenters. The number of amides is 1. The van der Waals surface area contributed by atoms with Crippen LogP contribution in [0.4, 0.5) is 4.39 Å². The van der Waals surface area contributed by atoms with E-state index in [0.717, 1.165) is 27.6 Å². The van der Waals surface area contributed by atoms with E-state index >= 15 is 0 Å². The number of benzene rings is 3. The maximum Gasteiger partial charge on any atom is 0.258 e. The Kier molecular flexibility index (Phi) is 4.20. The summed E-state index contributed by atoms with van der Waals surface area (Å²) in [5, 5.41) is 9.59. The molecule has 0 saturated carbocycles. The number of rotatable bonds is 2. The van der Waals surface area contributed by atoms with Gasteiger partial charge in [0.25, 0.3) is 5.91 Å². The molecule has 0 spiro atoms. The Bertz CT molecular complexity index is 1130. The summed E-state index contributed by atoms with van der Waals surface area (Å²) in [7, 11) is 0. The van der Waals surface area contributed by atoms with Gasteiger partial charge in [-0.2, -0.15) is 10.1 Å². The number of carbonyl (C=O) groups excluding carboxylic acids is 1. The van der Waals surface area contributed by atoms with E-state index in [0.29, 0.717) is 17.3 Å². The molecule has 2 aliphatic heterocycles. The fourth-order valence-corrected chi connectivity index (χ4v) is 4.49. The van der Waals surface area contributed by atoms with Crippen LogP contribution >= 0.6 is 11.8 Å². The molecule has 0 saturated heterocycles. The van der Waals surface area contributed by atoms with Crippen LogP contribution in [0.3, 0.4) is 0 Å². The van der Waals surface area contributed by atoms with Crippen molar-refractivity contribution in [1.82, 2.24) is 5.01 Å². The summed E-state index contributed by atoms with van der Waals surface area (Å²) in [6.45, 7) is 0. The minimum absolute atomic E-state index is 0.0664. The van der Waals surface area contributed by atoms with Crippen molar-refractivity contribution in [3.05, 3.63) is 83.7 Å². The average Bonchev–Trinajstić information content (AvgIpc) is 3.34. The predicted octanol–water partition coefficient (Wildman–Crippen LogP) is 4.76. The molecule has 2 heterocycles.